The number of methoxy groups -OCH3 is 1. The zero-order chi connectivity index (χ0) is 20.3. The van der Waals surface area contributed by atoms with Crippen LogP contribution >= 0.6 is 0 Å². The molecule has 0 atom stereocenters. The molecule has 0 spiro atoms. The van der Waals surface area contributed by atoms with Crippen molar-refractivity contribution in [2.24, 2.45) is 0 Å². The van der Waals surface area contributed by atoms with Gasteiger partial charge >= 0.3 is 11.7 Å². The molecule has 3 rings (SSSR count). The van der Waals surface area contributed by atoms with Gasteiger partial charge in [0.15, 0.2) is 6.61 Å². The van der Waals surface area contributed by atoms with Crippen LogP contribution in [-0.2, 0) is 19.6 Å². The van der Waals surface area contributed by atoms with E-state index in [4.69, 9.17) is 4.74 Å². The minimum absolute atomic E-state index is 0.235. The number of rotatable bonds is 6. The summed E-state index contributed by atoms with van der Waals surface area (Å²) in [5, 5.41) is 10.1. The van der Waals surface area contributed by atoms with Gasteiger partial charge in [-0.1, -0.05) is 18.2 Å². The maximum Gasteiger partial charge on any atom is 0.350 e. The first-order valence-electron chi connectivity index (χ1n) is 7.98. The summed E-state index contributed by atoms with van der Waals surface area (Å²) in [6.45, 7) is -0.331. The summed E-state index contributed by atoms with van der Waals surface area (Å²) in [6.07, 6.45) is 1.03. The van der Waals surface area contributed by atoms with Gasteiger partial charge in [0.05, 0.1) is 23.9 Å². The Hall–Kier alpha value is -3.53. The van der Waals surface area contributed by atoms with Crippen LogP contribution in [0.4, 0.5) is 0 Å². The van der Waals surface area contributed by atoms with Crippen molar-refractivity contribution in [2.75, 3.05) is 13.7 Å². The van der Waals surface area contributed by atoms with Crippen molar-refractivity contribution in [3.8, 4) is 17.3 Å². The van der Waals surface area contributed by atoms with E-state index >= 15 is 0 Å². The number of hydrogen-bond donors (Lipinski definition) is 1. The highest BCUT2D eigenvalue weighted by Gasteiger charge is 2.25. The number of esters is 1. The Bertz CT molecular complexity index is 1150. The lowest BCUT2D eigenvalue weighted by atomic mass is 10.3. The molecule has 146 valence electrons. The highest BCUT2D eigenvalue weighted by molar-refractivity contribution is 7.90. The van der Waals surface area contributed by atoms with Crippen molar-refractivity contribution in [3.05, 3.63) is 71.3 Å². The van der Waals surface area contributed by atoms with Crippen molar-refractivity contribution < 1.29 is 27.8 Å². The maximum atomic E-state index is 12.8. The molecule has 0 saturated heterocycles. The molecule has 0 amide bonds. The second kappa shape index (κ2) is 7.61. The number of carbonyl (C=O) groups is 1. The molecule has 1 aromatic heterocycles. The quantitative estimate of drug-likeness (QED) is 0.612. The van der Waals surface area contributed by atoms with E-state index in [1.165, 1.54) is 31.4 Å². The lowest BCUT2D eigenvalue weighted by molar-refractivity contribution is -0.142. The molecule has 9 nitrogen and oxygen atoms in total. The number of imidazole rings is 1. The number of nitrogens with zero attached hydrogens (tertiary/aromatic N) is 2. The SMILES string of the molecule is COC(=O)COc1ccc(S(=O)(=O)n2c(O)cn(-c3ccccc3)c2=O)cc1. The van der Waals surface area contributed by atoms with Gasteiger partial charge in [-0.05, 0) is 36.4 Å². The average Bonchev–Trinajstić information content (AvgIpc) is 3.01. The molecule has 0 saturated carbocycles. The van der Waals surface area contributed by atoms with Crippen LogP contribution in [0, 0.1) is 0 Å². The van der Waals surface area contributed by atoms with Crippen molar-refractivity contribution in [2.45, 2.75) is 4.90 Å². The molecule has 28 heavy (non-hydrogen) atoms. The van der Waals surface area contributed by atoms with Crippen LogP contribution in [-0.4, -0.2) is 41.7 Å². The smallest absolute Gasteiger partial charge is 0.350 e. The number of para-hydroxylation sites is 1. The van der Waals surface area contributed by atoms with Gasteiger partial charge in [-0.15, -0.1) is 3.97 Å². The third-order valence-electron chi connectivity index (χ3n) is 3.81. The molecular weight excluding hydrogens is 388 g/mol. The number of benzene rings is 2. The van der Waals surface area contributed by atoms with E-state index in [9.17, 15) is 23.1 Å². The van der Waals surface area contributed by atoms with Crippen LogP contribution in [0.15, 0.2) is 70.5 Å². The van der Waals surface area contributed by atoms with Gasteiger partial charge in [0.2, 0.25) is 5.88 Å². The van der Waals surface area contributed by atoms with Gasteiger partial charge in [0.1, 0.15) is 5.75 Å². The first-order chi connectivity index (χ1) is 13.3. The molecule has 10 heteroatoms. The molecule has 0 aliphatic heterocycles. The molecule has 1 N–H and O–H groups in total. The Morgan fingerprint density at radius 2 is 1.71 bits per heavy atom. The fraction of sp³-hybridized carbons (Fsp3) is 0.111. The third kappa shape index (κ3) is 3.62. The lowest BCUT2D eigenvalue weighted by Gasteiger charge is -2.08. The van der Waals surface area contributed by atoms with Crippen molar-refractivity contribution >= 4 is 16.0 Å². The minimum atomic E-state index is -4.35. The van der Waals surface area contributed by atoms with Gasteiger partial charge in [-0.25, -0.2) is 18.0 Å². The first kappa shape index (κ1) is 19.2. The molecular formula is C18H16N2O7S. The minimum Gasteiger partial charge on any atom is -0.493 e. The van der Waals surface area contributed by atoms with E-state index in [0.29, 0.717) is 9.66 Å². The molecule has 0 bridgehead atoms. The average molecular weight is 404 g/mol. The Morgan fingerprint density at radius 3 is 2.32 bits per heavy atom. The second-order valence-corrected chi connectivity index (χ2v) is 7.37. The number of hydrogen-bond acceptors (Lipinski definition) is 7. The van der Waals surface area contributed by atoms with Gasteiger partial charge < -0.3 is 14.6 Å². The van der Waals surface area contributed by atoms with Gasteiger partial charge in [-0.3, -0.25) is 4.57 Å². The number of ether oxygens (including phenoxy) is 2. The van der Waals surface area contributed by atoms with Crippen LogP contribution in [0.5, 0.6) is 11.6 Å². The van der Waals surface area contributed by atoms with Crippen LogP contribution in [0.2, 0.25) is 0 Å². The van der Waals surface area contributed by atoms with Gasteiger partial charge in [0, 0.05) is 0 Å². The van der Waals surface area contributed by atoms with E-state index < -0.39 is 27.6 Å². The standard InChI is InChI=1S/C18H16N2O7S/c1-26-17(22)12-27-14-7-9-15(10-8-14)28(24,25)20-16(21)11-19(18(20)23)13-5-3-2-4-6-13/h2-11,21H,12H2,1H3. The van der Waals surface area contributed by atoms with Crippen LogP contribution in [0.1, 0.15) is 0 Å². The molecule has 3 aromatic rings. The molecule has 0 unspecified atom stereocenters. The molecule has 0 fully saturated rings. The number of aromatic nitrogens is 2. The molecule has 0 aliphatic rings. The summed E-state index contributed by atoms with van der Waals surface area (Å²) in [5.41, 5.74) is -0.530. The summed E-state index contributed by atoms with van der Waals surface area (Å²) in [6, 6.07) is 13.4. The lowest BCUT2D eigenvalue weighted by Crippen LogP contribution is -2.28. The Balaban J connectivity index is 1.94. The van der Waals surface area contributed by atoms with Crippen LogP contribution in [0.3, 0.4) is 0 Å². The topological polar surface area (TPSA) is 117 Å². The normalized spacial score (nSPS) is 11.2. The molecule has 2 aromatic carbocycles. The van der Waals surface area contributed by atoms with E-state index in [2.05, 4.69) is 4.74 Å². The fourth-order valence-corrected chi connectivity index (χ4v) is 3.71. The van der Waals surface area contributed by atoms with Crippen molar-refractivity contribution in [1.29, 1.82) is 0 Å². The van der Waals surface area contributed by atoms with Gasteiger partial charge in [-0.2, -0.15) is 0 Å². The van der Waals surface area contributed by atoms with E-state index in [1.807, 2.05) is 0 Å². The molecule has 1 heterocycles. The van der Waals surface area contributed by atoms with Crippen molar-refractivity contribution in [1.82, 2.24) is 8.54 Å². The van der Waals surface area contributed by atoms with E-state index in [1.54, 1.807) is 30.3 Å². The fourth-order valence-electron chi connectivity index (χ4n) is 2.43. The Morgan fingerprint density at radius 1 is 1.07 bits per heavy atom. The van der Waals surface area contributed by atoms with Gasteiger partial charge in [0.25, 0.3) is 10.0 Å². The monoisotopic (exact) mass is 404 g/mol. The number of carbonyl (C=O) groups excluding carboxylic acids is 1. The summed E-state index contributed by atoms with van der Waals surface area (Å²) in [5.74, 6) is -1.07. The summed E-state index contributed by atoms with van der Waals surface area (Å²) < 4.78 is 36.6. The zero-order valence-electron chi connectivity index (χ0n) is 14.7. The third-order valence-corrected chi connectivity index (χ3v) is 5.50. The zero-order valence-corrected chi connectivity index (χ0v) is 15.5. The Kier molecular flexibility index (Phi) is 5.23. The van der Waals surface area contributed by atoms with Crippen molar-refractivity contribution in [3.63, 3.8) is 0 Å². The summed E-state index contributed by atoms with van der Waals surface area (Å²) in [7, 11) is -3.14. The number of aromatic hydroxyl groups is 1. The first-order valence-corrected chi connectivity index (χ1v) is 9.42. The molecule has 0 radical (unpaired) electrons. The molecule has 0 aliphatic carbocycles. The maximum absolute atomic E-state index is 12.8. The summed E-state index contributed by atoms with van der Waals surface area (Å²) in [4.78, 5) is 23.4. The Labute approximate surface area is 160 Å². The van der Waals surface area contributed by atoms with E-state index in [0.717, 1.165) is 10.8 Å². The van der Waals surface area contributed by atoms with Crippen LogP contribution < -0.4 is 10.4 Å². The highest BCUT2D eigenvalue weighted by Crippen LogP contribution is 2.22. The van der Waals surface area contributed by atoms with Crippen LogP contribution in [0.25, 0.3) is 5.69 Å². The highest BCUT2D eigenvalue weighted by atomic mass is 32.2. The van der Waals surface area contributed by atoms with E-state index in [-0.39, 0.29) is 17.3 Å². The summed E-state index contributed by atoms with van der Waals surface area (Å²) >= 11 is 0. The largest absolute Gasteiger partial charge is 0.493 e. The predicted molar refractivity (Wildman–Crippen MR) is 98.2 cm³/mol. The second-order valence-electron chi connectivity index (χ2n) is 5.58. The predicted octanol–water partition coefficient (Wildman–Crippen LogP) is 1.13.